The minimum atomic E-state index is -0.770. The fraction of sp³-hybridized carbons (Fsp3) is 0.304. The number of rotatable bonds is 8. The van der Waals surface area contributed by atoms with Crippen LogP contribution >= 0.6 is 0 Å². The molecule has 1 N–H and O–H groups in total. The Hall–Kier alpha value is -3.42. The second kappa shape index (κ2) is 9.59. The van der Waals surface area contributed by atoms with Gasteiger partial charge in [-0.05, 0) is 24.6 Å². The van der Waals surface area contributed by atoms with Gasteiger partial charge in [-0.2, -0.15) is 0 Å². The minimum absolute atomic E-state index is 0.126. The Bertz CT molecular complexity index is 1170. The molecule has 0 saturated carbocycles. The van der Waals surface area contributed by atoms with Gasteiger partial charge in [0.2, 0.25) is 0 Å². The molecule has 0 bridgehead atoms. The van der Waals surface area contributed by atoms with Crippen molar-refractivity contribution in [2.45, 2.75) is 26.3 Å². The van der Waals surface area contributed by atoms with Crippen LogP contribution < -0.4 is 20.3 Å². The fourth-order valence-corrected chi connectivity index (χ4v) is 3.32. The molecule has 1 heterocycles. The molecule has 31 heavy (non-hydrogen) atoms. The first kappa shape index (κ1) is 22.3. The van der Waals surface area contributed by atoms with Crippen molar-refractivity contribution in [1.29, 1.82) is 0 Å². The van der Waals surface area contributed by atoms with E-state index in [1.54, 1.807) is 6.07 Å². The Morgan fingerprint density at radius 2 is 1.74 bits per heavy atom. The van der Waals surface area contributed by atoms with Crippen molar-refractivity contribution in [1.82, 2.24) is 9.88 Å². The van der Waals surface area contributed by atoms with Crippen molar-refractivity contribution in [2.24, 2.45) is 0 Å². The molecule has 8 heteroatoms. The van der Waals surface area contributed by atoms with E-state index in [1.807, 2.05) is 6.92 Å². The van der Waals surface area contributed by atoms with E-state index in [2.05, 4.69) is 5.32 Å². The molecule has 1 amide bonds. The summed E-state index contributed by atoms with van der Waals surface area (Å²) in [5.41, 5.74) is -0.0698. The van der Waals surface area contributed by atoms with Gasteiger partial charge in [0.15, 0.2) is 11.5 Å². The van der Waals surface area contributed by atoms with E-state index in [9.17, 15) is 18.4 Å². The van der Waals surface area contributed by atoms with Gasteiger partial charge in [-0.1, -0.05) is 19.4 Å². The Morgan fingerprint density at radius 3 is 2.35 bits per heavy atom. The maximum Gasteiger partial charge on any atom is 0.258 e. The number of pyridine rings is 1. The first-order valence-corrected chi connectivity index (χ1v) is 9.90. The summed E-state index contributed by atoms with van der Waals surface area (Å²) in [4.78, 5) is 26.0. The van der Waals surface area contributed by atoms with Crippen LogP contribution in [-0.4, -0.2) is 31.2 Å². The van der Waals surface area contributed by atoms with Crippen LogP contribution in [-0.2, 0) is 6.54 Å². The highest BCUT2D eigenvalue weighted by Crippen LogP contribution is 2.32. The summed E-state index contributed by atoms with van der Waals surface area (Å²) in [5.74, 6) is -1.14. The molecule has 164 valence electrons. The molecular weight excluding hydrogens is 406 g/mol. The van der Waals surface area contributed by atoms with E-state index < -0.39 is 17.2 Å². The summed E-state index contributed by atoms with van der Waals surface area (Å²) in [6.45, 7) is 2.33. The third-order valence-corrected chi connectivity index (χ3v) is 5.01. The van der Waals surface area contributed by atoms with Gasteiger partial charge in [-0.25, -0.2) is 8.78 Å². The van der Waals surface area contributed by atoms with E-state index in [0.29, 0.717) is 23.4 Å². The maximum absolute atomic E-state index is 14.2. The molecule has 2 aromatic carbocycles. The number of fused-ring (bicyclic) bond motifs is 1. The highest BCUT2D eigenvalue weighted by molar-refractivity contribution is 6.07. The van der Waals surface area contributed by atoms with Crippen molar-refractivity contribution in [2.75, 3.05) is 20.8 Å². The summed E-state index contributed by atoms with van der Waals surface area (Å²) < 4.78 is 39.3. The number of amides is 1. The summed E-state index contributed by atoms with van der Waals surface area (Å²) in [5, 5.41) is 3.46. The monoisotopic (exact) mass is 430 g/mol. The van der Waals surface area contributed by atoms with Gasteiger partial charge in [-0.15, -0.1) is 0 Å². The van der Waals surface area contributed by atoms with Gasteiger partial charge in [0.1, 0.15) is 11.6 Å². The number of benzene rings is 2. The number of hydrogen-bond donors (Lipinski definition) is 1. The first-order valence-electron chi connectivity index (χ1n) is 9.90. The second-order valence-electron chi connectivity index (χ2n) is 7.07. The number of hydrogen-bond acceptors (Lipinski definition) is 4. The van der Waals surface area contributed by atoms with E-state index >= 15 is 0 Å². The zero-order chi connectivity index (χ0) is 22.5. The molecule has 0 aliphatic rings. The largest absolute Gasteiger partial charge is 0.493 e. The number of carbonyl (C=O) groups is 1. The van der Waals surface area contributed by atoms with Crippen LogP contribution in [0.5, 0.6) is 11.5 Å². The number of carbonyl (C=O) groups excluding carboxylic acids is 1. The number of nitrogens with one attached hydrogen (secondary N) is 1. The van der Waals surface area contributed by atoms with Crippen molar-refractivity contribution >= 4 is 16.7 Å². The Balaban J connectivity index is 2.19. The quantitative estimate of drug-likeness (QED) is 0.551. The molecule has 0 fully saturated rings. The highest BCUT2D eigenvalue weighted by Gasteiger charge is 2.19. The summed E-state index contributed by atoms with van der Waals surface area (Å²) in [6.07, 6.45) is 3.11. The van der Waals surface area contributed by atoms with Gasteiger partial charge in [-0.3, -0.25) is 9.59 Å². The standard InChI is InChI=1S/C23H24F2N2O4/c1-4-5-8-26-22(28)18-13-27(12-14-6-7-15(24)9-19(14)25)23(29)17-11-21(31-3)20(30-2)10-16(17)18/h6-7,9-11,13H,4-5,8,12H2,1-3H3,(H,26,28). The molecule has 0 radical (unpaired) electrons. The summed E-state index contributed by atoms with van der Waals surface area (Å²) >= 11 is 0. The molecule has 3 aromatic rings. The lowest BCUT2D eigenvalue weighted by molar-refractivity contribution is 0.0954. The Morgan fingerprint density at radius 1 is 1.06 bits per heavy atom. The van der Waals surface area contributed by atoms with Gasteiger partial charge >= 0.3 is 0 Å². The van der Waals surface area contributed by atoms with E-state index in [4.69, 9.17) is 9.47 Å². The predicted molar refractivity (Wildman–Crippen MR) is 114 cm³/mol. The third kappa shape index (κ3) is 4.68. The molecule has 0 aliphatic heterocycles. The van der Waals surface area contributed by atoms with Gasteiger partial charge in [0.25, 0.3) is 11.5 Å². The number of methoxy groups -OCH3 is 2. The zero-order valence-electron chi connectivity index (χ0n) is 17.6. The lowest BCUT2D eigenvalue weighted by Crippen LogP contribution is -2.28. The molecular formula is C23H24F2N2O4. The van der Waals surface area contributed by atoms with E-state index in [0.717, 1.165) is 25.0 Å². The van der Waals surface area contributed by atoms with Gasteiger partial charge in [0.05, 0.1) is 31.7 Å². The smallest absolute Gasteiger partial charge is 0.258 e. The topological polar surface area (TPSA) is 69.6 Å². The molecule has 0 saturated heterocycles. The molecule has 6 nitrogen and oxygen atoms in total. The van der Waals surface area contributed by atoms with E-state index in [-0.39, 0.29) is 29.0 Å². The van der Waals surface area contributed by atoms with Gasteiger partial charge in [0, 0.05) is 29.8 Å². The summed E-state index contributed by atoms with van der Waals surface area (Å²) in [7, 11) is 2.90. The SMILES string of the molecule is CCCCNC(=O)c1cn(Cc2ccc(F)cc2F)c(=O)c2cc(OC)c(OC)cc12. The van der Waals surface area contributed by atoms with Crippen LogP contribution in [0, 0.1) is 11.6 Å². The fourth-order valence-electron chi connectivity index (χ4n) is 3.32. The number of halogens is 2. The number of aromatic nitrogens is 1. The second-order valence-corrected chi connectivity index (χ2v) is 7.07. The minimum Gasteiger partial charge on any atom is -0.493 e. The van der Waals surface area contributed by atoms with Crippen LogP contribution in [0.4, 0.5) is 8.78 Å². The number of unbranched alkanes of at least 4 members (excludes halogenated alkanes) is 1. The predicted octanol–water partition coefficient (Wildman–Crippen LogP) is 3.88. The Kier molecular flexibility index (Phi) is 6.89. The molecule has 0 atom stereocenters. The van der Waals surface area contributed by atoms with Crippen molar-refractivity contribution in [3.05, 3.63) is 69.6 Å². The Labute approximate surface area is 178 Å². The lowest BCUT2D eigenvalue weighted by Gasteiger charge is -2.15. The van der Waals surface area contributed by atoms with Crippen molar-refractivity contribution < 1.29 is 23.0 Å². The third-order valence-electron chi connectivity index (χ3n) is 5.01. The summed E-state index contributed by atoms with van der Waals surface area (Å²) in [6, 6.07) is 6.23. The van der Waals surface area contributed by atoms with Crippen LogP contribution in [0.1, 0.15) is 35.7 Å². The van der Waals surface area contributed by atoms with Crippen LogP contribution in [0.3, 0.4) is 0 Å². The molecule has 0 spiro atoms. The van der Waals surface area contributed by atoms with Crippen LogP contribution in [0.25, 0.3) is 10.8 Å². The molecule has 0 unspecified atom stereocenters. The molecule has 0 aliphatic carbocycles. The van der Waals surface area contributed by atoms with Gasteiger partial charge < -0.3 is 19.4 Å². The molecule has 1 aromatic heterocycles. The zero-order valence-corrected chi connectivity index (χ0v) is 17.6. The average Bonchev–Trinajstić information content (AvgIpc) is 2.76. The van der Waals surface area contributed by atoms with Crippen LogP contribution in [0.2, 0.25) is 0 Å². The average molecular weight is 430 g/mol. The van der Waals surface area contributed by atoms with E-state index in [1.165, 1.54) is 37.1 Å². The number of ether oxygens (including phenoxy) is 2. The van der Waals surface area contributed by atoms with Crippen LogP contribution in [0.15, 0.2) is 41.3 Å². The van der Waals surface area contributed by atoms with Crippen molar-refractivity contribution in [3.63, 3.8) is 0 Å². The molecule has 3 rings (SSSR count). The van der Waals surface area contributed by atoms with Crippen molar-refractivity contribution in [3.8, 4) is 11.5 Å². The normalized spacial score (nSPS) is 10.9. The maximum atomic E-state index is 14.2. The lowest BCUT2D eigenvalue weighted by atomic mass is 10.0. The first-order chi connectivity index (χ1) is 14.9. The highest BCUT2D eigenvalue weighted by atomic mass is 19.1. The number of nitrogens with zero attached hydrogens (tertiary/aromatic N) is 1.